The molecule has 3 heteroatoms. The summed E-state index contributed by atoms with van der Waals surface area (Å²) in [6.45, 7) is -0.149. The van der Waals surface area contributed by atoms with Crippen LogP contribution in [0.4, 0.5) is 0 Å². The summed E-state index contributed by atoms with van der Waals surface area (Å²) in [5, 5.41) is 0. The Morgan fingerprint density at radius 1 is 0.759 bits per heavy atom. The van der Waals surface area contributed by atoms with E-state index < -0.39 is 0 Å². The van der Waals surface area contributed by atoms with E-state index in [1.54, 1.807) is 12.1 Å². The normalized spacial score (nSPS) is 16.9. The van der Waals surface area contributed by atoms with Gasteiger partial charge in [0.1, 0.15) is 0 Å². The van der Waals surface area contributed by atoms with Crippen LogP contribution in [0.5, 0.6) is 0 Å². The number of rotatable bonds is 14. The van der Waals surface area contributed by atoms with Crippen LogP contribution >= 0.6 is 0 Å². The highest BCUT2D eigenvalue weighted by molar-refractivity contribution is 5.97. The minimum absolute atomic E-state index is 0.141. The Kier molecular flexibility index (Phi) is 12.4. The topological polar surface area (TPSA) is 43.4 Å². The molecule has 0 amide bonds. The highest BCUT2D eigenvalue weighted by Gasteiger charge is 2.11. The third kappa shape index (κ3) is 11.2. The van der Waals surface area contributed by atoms with E-state index in [1.165, 1.54) is 83.5 Å². The zero-order valence-electron chi connectivity index (χ0n) is 18.2. The Labute approximate surface area is 177 Å². The molecule has 1 unspecified atom stereocenters. The summed E-state index contributed by atoms with van der Waals surface area (Å²) in [7, 11) is 0. The SMILES string of the molecule is O=C(CO[13C](=O)C[13CH2]C[13CH2]C[13CH2]C[13CH2]C[13CH2]C1C[13CH2]CCC[13CH2]1)c1ccccc1. The number of Topliss-reactive ketones (excluding diaryl/α,β-unsaturated/α-hetero) is 1. The van der Waals surface area contributed by atoms with Crippen molar-refractivity contribution in [2.45, 2.75) is 103 Å². The van der Waals surface area contributed by atoms with Crippen LogP contribution in [-0.2, 0) is 9.53 Å². The summed E-state index contributed by atoms with van der Waals surface area (Å²) < 4.78 is 5.10. The molecule has 3 nitrogen and oxygen atoms in total. The molecular weight excluding hydrogens is 368 g/mol. The fraction of sp³-hybridized carbons (Fsp3) is 0.692. The van der Waals surface area contributed by atoms with E-state index in [9.17, 15) is 9.59 Å². The van der Waals surface area contributed by atoms with Crippen molar-refractivity contribution >= 4 is 11.8 Å². The number of benzene rings is 1. The van der Waals surface area contributed by atoms with E-state index >= 15 is 0 Å². The molecule has 0 heterocycles. The van der Waals surface area contributed by atoms with Crippen molar-refractivity contribution in [3.8, 4) is 0 Å². The third-order valence-corrected chi connectivity index (χ3v) is 6.18. The molecule has 2 rings (SSSR count). The first-order valence-electron chi connectivity index (χ1n) is 12.0. The number of ether oxygens (including phenoxy) is 1. The smallest absolute Gasteiger partial charge is 0.306 e. The molecule has 0 spiro atoms. The average Bonchev–Trinajstić information content (AvgIpc) is 3.03. The van der Waals surface area contributed by atoms with Gasteiger partial charge in [0.05, 0.1) is 0 Å². The molecule has 0 saturated heterocycles. The number of hydrogen-bond acceptors (Lipinski definition) is 3. The maximum Gasteiger partial charge on any atom is 0.306 e. The molecule has 1 atom stereocenters. The van der Waals surface area contributed by atoms with Crippen LogP contribution in [0.2, 0.25) is 0 Å². The predicted octanol–water partition coefficient (Wildman–Crippen LogP) is 7.28. The third-order valence-electron chi connectivity index (χ3n) is 6.18. The minimum atomic E-state index is -0.257. The van der Waals surface area contributed by atoms with Crippen molar-refractivity contribution < 1.29 is 14.3 Å². The second-order valence-electron chi connectivity index (χ2n) is 8.67. The van der Waals surface area contributed by atoms with Gasteiger partial charge in [-0.2, -0.15) is 0 Å². The van der Waals surface area contributed by atoms with Gasteiger partial charge in [-0.05, 0) is 12.3 Å². The summed E-state index contributed by atoms with van der Waals surface area (Å²) in [5.41, 5.74) is 0.592. The monoisotopic (exact) mass is 408 g/mol. The van der Waals surface area contributed by atoms with Gasteiger partial charge in [-0.25, -0.2) is 0 Å². The molecule has 29 heavy (non-hydrogen) atoms. The second kappa shape index (κ2) is 15.2. The van der Waals surface area contributed by atoms with Crippen molar-refractivity contribution in [2.24, 2.45) is 5.92 Å². The Morgan fingerprint density at radius 2 is 1.34 bits per heavy atom. The molecule has 1 aliphatic rings. The van der Waals surface area contributed by atoms with Gasteiger partial charge in [-0.3, -0.25) is 9.59 Å². The largest absolute Gasteiger partial charge is 0.457 e. The Morgan fingerprint density at radius 3 is 2.00 bits per heavy atom. The van der Waals surface area contributed by atoms with Gasteiger partial charge < -0.3 is 4.74 Å². The maximum atomic E-state index is 11.9. The summed E-state index contributed by atoms with van der Waals surface area (Å²) in [5.74, 6) is 0.617. The first-order chi connectivity index (χ1) is 14.3. The molecule has 0 bridgehead atoms. The lowest BCUT2D eigenvalue weighted by Gasteiger charge is -2.13. The molecular formula is C26H40O3. The van der Waals surface area contributed by atoms with Crippen molar-refractivity contribution in [1.82, 2.24) is 0 Å². The van der Waals surface area contributed by atoms with Gasteiger partial charge >= 0.3 is 5.97 Å². The van der Waals surface area contributed by atoms with Crippen molar-refractivity contribution in [2.75, 3.05) is 6.61 Å². The van der Waals surface area contributed by atoms with E-state index in [2.05, 4.69) is 0 Å². The Bertz CT molecular complexity index is 559. The fourth-order valence-electron chi connectivity index (χ4n) is 4.34. The van der Waals surface area contributed by atoms with Gasteiger partial charge in [0, 0.05) is 12.0 Å². The maximum absolute atomic E-state index is 11.9. The molecule has 162 valence electrons. The van der Waals surface area contributed by atoms with E-state index in [-0.39, 0.29) is 18.4 Å². The minimum Gasteiger partial charge on any atom is -0.457 e. The highest BCUT2D eigenvalue weighted by Crippen LogP contribution is 2.27. The van der Waals surface area contributed by atoms with Crippen LogP contribution < -0.4 is 0 Å². The lowest BCUT2D eigenvalue weighted by atomic mass is 10.1. The second-order valence-corrected chi connectivity index (χ2v) is 8.67. The fourth-order valence-corrected chi connectivity index (χ4v) is 4.34. The van der Waals surface area contributed by atoms with Crippen molar-refractivity contribution in [1.29, 1.82) is 0 Å². The quantitative estimate of drug-likeness (QED) is 0.107. The van der Waals surface area contributed by atoms with Crippen molar-refractivity contribution in [3.05, 3.63) is 35.9 Å². The first-order valence-corrected chi connectivity index (χ1v) is 12.0. The van der Waals surface area contributed by atoms with Crippen LogP contribution in [0.3, 0.4) is 0 Å². The molecule has 1 saturated carbocycles. The van der Waals surface area contributed by atoms with Gasteiger partial charge in [0.2, 0.25) is 0 Å². The summed E-state index contributed by atoms with van der Waals surface area (Å²) in [4.78, 5) is 23.7. The van der Waals surface area contributed by atoms with E-state index in [4.69, 9.17) is 4.74 Å². The number of carbonyl (C=O) groups excluding carboxylic acids is 2. The van der Waals surface area contributed by atoms with Gasteiger partial charge in [0.25, 0.3) is 0 Å². The van der Waals surface area contributed by atoms with Gasteiger partial charge in [0.15, 0.2) is 12.4 Å². The Balaban J connectivity index is 1.36. The predicted molar refractivity (Wildman–Crippen MR) is 119 cm³/mol. The van der Waals surface area contributed by atoms with Crippen LogP contribution in [0.15, 0.2) is 30.3 Å². The summed E-state index contributed by atoms with van der Waals surface area (Å²) in [6.07, 6.45) is 20.5. The standard InChI is InChI=1S/C26H40O3/c27-25(24-19-13-9-14-20-24)22-29-26(28)21-15-6-4-2-1-3-5-10-16-23-17-11-7-8-12-18-23/h9,13-14,19-20,23H,1-8,10-12,15-18,21-22H2/i1+1,4+1,5+1,11+1,15+1,16+1,18+1,26+1. The molecule has 0 N–H and O–H groups in total. The van der Waals surface area contributed by atoms with E-state index in [0.29, 0.717) is 12.0 Å². The first kappa shape index (κ1) is 23.6. The van der Waals surface area contributed by atoms with Crippen LogP contribution in [0, 0.1) is 5.92 Å². The molecule has 1 aromatic carbocycles. The highest BCUT2D eigenvalue weighted by atomic mass is 16.6. The number of unbranched alkanes of at least 4 members (excludes halogenated alkanes) is 7. The van der Waals surface area contributed by atoms with Crippen LogP contribution in [-0.4, -0.2) is 18.4 Å². The molecule has 0 aromatic heterocycles. The van der Waals surface area contributed by atoms with E-state index in [1.807, 2.05) is 18.2 Å². The zero-order valence-corrected chi connectivity index (χ0v) is 18.2. The summed E-state index contributed by atoms with van der Waals surface area (Å²) in [6, 6.07) is 8.97. The molecule has 1 aliphatic carbocycles. The number of carbonyl (C=O) groups is 2. The molecule has 1 aromatic rings. The number of esters is 1. The van der Waals surface area contributed by atoms with Gasteiger partial charge in [-0.1, -0.05) is 120 Å². The van der Waals surface area contributed by atoms with Crippen LogP contribution in [0.25, 0.3) is 0 Å². The van der Waals surface area contributed by atoms with Crippen molar-refractivity contribution in [3.63, 3.8) is 0 Å². The molecule has 1 fully saturated rings. The Hall–Kier alpha value is -1.64. The van der Waals surface area contributed by atoms with Crippen LogP contribution in [0.1, 0.15) is 113 Å². The van der Waals surface area contributed by atoms with E-state index in [0.717, 1.165) is 18.8 Å². The number of ketones is 1. The molecule has 0 aliphatic heterocycles. The zero-order chi connectivity index (χ0) is 20.6. The number of hydrogen-bond donors (Lipinski definition) is 0. The van der Waals surface area contributed by atoms with Gasteiger partial charge in [-0.15, -0.1) is 0 Å². The average molecular weight is 409 g/mol. The lowest BCUT2D eigenvalue weighted by molar-refractivity contribution is -0.142. The molecule has 0 radical (unpaired) electrons. The lowest BCUT2D eigenvalue weighted by Crippen LogP contribution is -2.13. The summed E-state index contributed by atoms with van der Waals surface area (Å²) >= 11 is 0.